The second-order valence-corrected chi connectivity index (χ2v) is 23.5. The molecule has 8 nitrogen and oxygen atoms in total. The van der Waals surface area contributed by atoms with Crippen molar-refractivity contribution >= 4 is 13.7 Å². The molecule has 0 radical (unpaired) electrons. The molecular weight excluding hydrogens is 864 g/mol. The van der Waals surface area contributed by atoms with E-state index in [2.05, 4.69) is 19.2 Å². The topological polar surface area (TPSA) is 108 Å². The summed E-state index contributed by atoms with van der Waals surface area (Å²) in [6.45, 7) is 4.68. The Kier molecular flexibility index (Phi) is 50.6. The summed E-state index contributed by atoms with van der Waals surface area (Å²) in [5, 5.41) is 13.8. The normalized spacial score (nSPS) is 13.9. The van der Waals surface area contributed by atoms with Gasteiger partial charge in [0.25, 0.3) is 7.82 Å². The number of nitrogens with one attached hydrogen (secondary N) is 1. The highest BCUT2D eigenvalue weighted by molar-refractivity contribution is 7.45. The van der Waals surface area contributed by atoms with Gasteiger partial charge in [-0.25, -0.2) is 0 Å². The third kappa shape index (κ3) is 53.0. The predicted molar refractivity (Wildman–Crippen MR) is 293 cm³/mol. The number of quaternary nitrogens is 1. The molecule has 0 aromatic carbocycles. The van der Waals surface area contributed by atoms with E-state index in [9.17, 15) is 19.4 Å². The summed E-state index contributed by atoms with van der Waals surface area (Å²) in [6, 6.07) is -0.881. The number of aliphatic hydroxyl groups excluding tert-OH is 1. The van der Waals surface area contributed by atoms with Crippen LogP contribution in [0.25, 0.3) is 0 Å². The van der Waals surface area contributed by atoms with E-state index in [1.807, 2.05) is 27.2 Å². The predicted octanol–water partition coefficient (Wildman–Crippen LogP) is 17.6. The van der Waals surface area contributed by atoms with Crippen LogP contribution in [-0.4, -0.2) is 68.5 Å². The van der Waals surface area contributed by atoms with Crippen molar-refractivity contribution in [3.8, 4) is 0 Å². The lowest BCUT2D eigenvalue weighted by Crippen LogP contribution is -2.45. The molecular formula is C59H119N2O6P. The molecule has 0 aliphatic carbocycles. The van der Waals surface area contributed by atoms with E-state index < -0.39 is 20.0 Å². The maximum Gasteiger partial charge on any atom is 0.268 e. The maximum absolute atomic E-state index is 12.9. The summed E-state index contributed by atoms with van der Waals surface area (Å²) >= 11 is 0. The zero-order valence-corrected chi connectivity index (χ0v) is 47.2. The molecule has 3 atom stereocenters. The van der Waals surface area contributed by atoms with E-state index in [1.54, 1.807) is 6.08 Å². The first kappa shape index (κ1) is 67.2. The fourth-order valence-corrected chi connectivity index (χ4v) is 10.00. The van der Waals surface area contributed by atoms with Crippen molar-refractivity contribution in [2.75, 3.05) is 40.9 Å². The van der Waals surface area contributed by atoms with Gasteiger partial charge in [-0.1, -0.05) is 296 Å². The number of hydrogen-bond donors (Lipinski definition) is 2. The van der Waals surface area contributed by atoms with Gasteiger partial charge in [0.2, 0.25) is 5.91 Å². The molecule has 0 fully saturated rings. The molecule has 0 aromatic rings. The van der Waals surface area contributed by atoms with Crippen molar-refractivity contribution in [2.45, 2.75) is 321 Å². The number of nitrogens with zero attached hydrogens (tertiary/aromatic N) is 1. The number of carbonyl (C=O) groups is 1. The minimum atomic E-state index is -4.59. The van der Waals surface area contributed by atoms with Crippen LogP contribution in [0.3, 0.4) is 0 Å². The average molecular weight is 984 g/mol. The van der Waals surface area contributed by atoms with Gasteiger partial charge in [0.15, 0.2) is 0 Å². The van der Waals surface area contributed by atoms with Crippen LogP contribution >= 0.6 is 7.82 Å². The zero-order chi connectivity index (χ0) is 49.9. The van der Waals surface area contributed by atoms with E-state index in [0.29, 0.717) is 17.4 Å². The number of likely N-dealkylation sites (N-methyl/N-ethyl adjacent to an activating group) is 1. The first-order valence-corrected chi connectivity index (χ1v) is 31.5. The number of amides is 1. The van der Waals surface area contributed by atoms with Crippen molar-refractivity contribution in [1.82, 2.24) is 5.32 Å². The number of phosphoric ester groups is 1. The summed E-state index contributed by atoms with van der Waals surface area (Å²) < 4.78 is 23.3. The standard InChI is InChI=1S/C59H119N2O6P/c1-6-8-10-12-14-16-18-20-21-22-23-24-25-26-27-28-29-30-31-32-33-34-35-36-37-38-39-40-41-43-45-47-49-51-53-59(63)60-57(56-67-68(64,65)66-55-54-61(3,4)5)58(62)52-50-48-46-44-42-19-17-15-13-11-9-7-2/h50,52,57-58,62H,6-49,51,53-56H2,1-5H3,(H-,60,63,64,65)/b52-50+. The summed E-state index contributed by atoms with van der Waals surface area (Å²) in [5.74, 6) is -0.191. The molecule has 0 aliphatic rings. The Hall–Kier alpha value is -0.760. The molecule has 0 bridgehead atoms. The maximum atomic E-state index is 12.9. The second-order valence-electron chi connectivity index (χ2n) is 22.1. The van der Waals surface area contributed by atoms with Crippen LogP contribution in [0.4, 0.5) is 0 Å². The molecule has 0 rings (SSSR count). The largest absolute Gasteiger partial charge is 0.756 e. The monoisotopic (exact) mass is 983 g/mol. The average Bonchev–Trinajstić information content (AvgIpc) is 3.30. The Bertz CT molecular complexity index is 1120. The highest BCUT2D eigenvalue weighted by Gasteiger charge is 2.23. The summed E-state index contributed by atoms with van der Waals surface area (Å²) in [5.41, 5.74) is 0. The van der Waals surface area contributed by atoms with Crippen LogP contribution in [0.5, 0.6) is 0 Å². The minimum Gasteiger partial charge on any atom is -0.756 e. The molecule has 0 saturated heterocycles. The van der Waals surface area contributed by atoms with Crippen LogP contribution in [0.15, 0.2) is 12.2 Å². The minimum absolute atomic E-state index is 0.00234. The number of unbranched alkanes of at least 4 members (excludes halogenated alkanes) is 43. The van der Waals surface area contributed by atoms with Gasteiger partial charge in [-0.05, 0) is 19.3 Å². The molecule has 9 heteroatoms. The zero-order valence-electron chi connectivity index (χ0n) is 46.3. The third-order valence-corrected chi connectivity index (χ3v) is 15.0. The number of hydrogen-bond acceptors (Lipinski definition) is 6. The van der Waals surface area contributed by atoms with Crippen LogP contribution in [-0.2, 0) is 18.4 Å². The number of carbonyl (C=O) groups excluding carboxylic acids is 1. The van der Waals surface area contributed by atoms with Gasteiger partial charge in [0.1, 0.15) is 13.2 Å². The highest BCUT2D eigenvalue weighted by Crippen LogP contribution is 2.38. The van der Waals surface area contributed by atoms with Crippen LogP contribution < -0.4 is 10.2 Å². The molecule has 1 amide bonds. The fourth-order valence-electron chi connectivity index (χ4n) is 9.27. The number of aliphatic hydroxyl groups is 1. The molecule has 0 aromatic heterocycles. The quantitative estimate of drug-likeness (QED) is 0.0272. The highest BCUT2D eigenvalue weighted by atomic mass is 31.2. The van der Waals surface area contributed by atoms with Crippen molar-refractivity contribution in [3.63, 3.8) is 0 Å². The first-order chi connectivity index (χ1) is 33.0. The Labute approximate surface area is 424 Å². The molecule has 0 aliphatic heterocycles. The van der Waals surface area contributed by atoms with Gasteiger partial charge >= 0.3 is 0 Å². The van der Waals surface area contributed by atoms with E-state index in [1.165, 1.54) is 250 Å². The van der Waals surface area contributed by atoms with Crippen LogP contribution in [0.1, 0.15) is 309 Å². The van der Waals surface area contributed by atoms with Crippen molar-refractivity contribution < 1.29 is 32.9 Å². The van der Waals surface area contributed by atoms with Crippen molar-refractivity contribution in [2.24, 2.45) is 0 Å². The van der Waals surface area contributed by atoms with Gasteiger partial charge < -0.3 is 28.8 Å². The van der Waals surface area contributed by atoms with Gasteiger partial charge in [0.05, 0.1) is 39.9 Å². The second kappa shape index (κ2) is 51.2. The Morgan fingerprint density at radius 2 is 0.794 bits per heavy atom. The molecule has 0 saturated carbocycles. The van der Waals surface area contributed by atoms with Gasteiger partial charge in [0, 0.05) is 6.42 Å². The molecule has 406 valence electrons. The molecule has 3 unspecified atom stereocenters. The Balaban J connectivity index is 3.90. The van der Waals surface area contributed by atoms with Crippen molar-refractivity contribution in [3.05, 3.63) is 12.2 Å². The van der Waals surface area contributed by atoms with Crippen molar-refractivity contribution in [1.29, 1.82) is 0 Å². The Morgan fingerprint density at radius 1 is 0.500 bits per heavy atom. The number of rotatable bonds is 56. The lowest BCUT2D eigenvalue weighted by molar-refractivity contribution is -0.870. The Morgan fingerprint density at radius 3 is 1.10 bits per heavy atom. The lowest BCUT2D eigenvalue weighted by Gasteiger charge is -2.29. The fraction of sp³-hybridized carbons (Fsp3) is 0.949. The summed E-state index contributed by atoms with van der Waals surface area (Å²) in [4.78, 5) is 25.4. The summed E-state index contributed by atoms with van der Waals surface area (Å²) in [6.07, 6.45) is 63.2. The summed E-state index contributed by atoms with van der Waals surface area (Å²) in [7, 11) is 1.28. The van der Waals surface area contributed by atoms with Crippen LogP contribution in [0, 0.1) is 0 Å². The molecule has 0 heterocycles. The van der Waals surface area contributed by atoms with E-state index in [0.717, 1.165) is 38.5 Å². The third-order valence-electron chi connectivity index (χ3n) is 14.0. The van der Waals surface area contributed by atoms with Crippen LogP contribution in [0.2, 0.25) is 0 Å². The first-order valence-electron chi connectivity index (χ1n) is 30.1. The SMILES string of the molecule is CCCCCCCCCCCC/C=C/C(O)C(COP(=O)([O-])OCC[N+](C)(C)C)NC(=O)CCCCCCCCCCCCCCCCCCCCCCCCCCCCCCCCCCCC. The van der Waals surface area contributed by atoms with E-state index in [4.69, 9.17) is 9.05 Å². The van der Waals surface area contributed by atoms with E-state index >= 15 is 0 Å². The molecule has 68 heavy (non-hydrogen) atoms. The number of allylic oxidation sites excluding steroid dienone is 1. The van der Waals surface area contributed by atoms with E-state index in [-0.39, 0.29) is 19.1 Å². The van der Waals surface area contributed by atoms with Gasteiger partial charge in [-0.3, -0.25) is 9.36 Å². The smallest absolute Gasteiger partial charge is 0.268 e. The van der Waals surface area contributed by atoms with Gasteiger partial charge in [-0.2, -0.15) is 0 Å². The molecule has 0 spiro atoms. The lowest BCUT2D eigenvalue weighted by atomic mass is 10.0. The number of phosphoric acid groups is 1. The molecule has 2 N–H and O–H groups in total. The van der Waals surface area contributed by atoms with Gasteiger partial charge in [-0.15, -0.1) is 0 Å².